The van der Waals surface area contributed by atoms with Crippen molar-refractivity contribution in [2.75, 3.05) is 12.8 Å². The second-order valence-electron chi connectivity index (χ2n) is 4.66. The standard InChI is InChI=1S/C15H16Br2N2/c1-19(9-11-3-2-4-13(16)7-11)10-12-5-6-14(17)15(18)8-12/h2-8H,9-10,18H2,1H3. The van der Waals surface area contributed by atoms with Crippen LogP contribution in [0.1, 0.15) is 11.1 Å². The van der Waals surface area contributed by atoms with E-state index < -0.39 is 0 Å². The van der Waals surface area contributed by atoms with E-state index in [1.807, 2.05) is 18.2 Å². The van der Waals surface area contributed by atoms with Crippen molar-refractivity contribution >= 4 is 37.5 Å². The number of anilines is 1. The summed E-state index contributed by atoms with van der Waals surface area (Å²) in [7, 11) is 2.11. The van der Waals surface area contributed by atoms with Gasteiger partial charge in [0.05, 0.1) is 0 Å². The predicted octanol–water partition coefficient (Wildman–Crippen LogP) is 4.43. The highest BCUT2D eigenvalue weighted by molar-refractivity contribution is 9.10. The van der Waals surface area contributed by atoms with Gasteiger partial charge in [-0.2, -0.15) is 0 Å². The monoisotopic (exact) mass is 382 g/mol. The average molecular weight is 384 g/mol. The number of hydrogen-bond donors (Lipinski definition) is 1. The normalized spacial score (nSPS) is 10.9. The van der Waals surface area contributed by atoms with Crippen molar-refractivity contribution in [1.82, 2.24) is 4.90 Å². The lowest BCUT2D eigenvalue weighted by Gasteiger charge is -2.17. The highest BCUT2D eigenvalue weighted by atomic mass is 79.9. The summed E-state index contributed by atoms with van der Waals surface area (Å²) in [5, 5.41) is 0. The van der Waals surface area contributed by atoms with E-state index in [9.17, 15) is 0 Å². The lowest BCUT2D eigenvalue weighted by molar-refractivity contribution is 0.319. The number of nitrogens with zero attached hydrogens (tertiary/aromatic N) is 1. The number of benzene rings is 2. The average Bonchev–Trinajstić information content (AvgIpc) is 2.34. The predicted molar refractivity (Wildman–Crippen MR) is 87.9 cm³/mol. The quantitative estimate of drug-likeness (QED) is 0.791. The maximum atomic E-state index is 5.90. The maximum absolute atomic E-state index is 5.90. The van der Waals surface area contributed by atoms with Gasteiger partial charge in [-0.1, -0.05) is 34.1 Å². The zero-order valence-electron chi connectivity index (χ0n) is 10.7. The van der Waals surface area contributed by atoms with Crippen LogP contribution in [-0.2, 0) is 13.1 Å². The van der Waals surface area contributed by atoms with Crippen LogP contribution < -0.4 is 5.73 Å². The largest absolute Gasteiger partial charge is 0.398 e. The molecule has 0 atom stereocenters. The molecule has 0 radical (unpaired) electrons. The minimum atomic E-state index is 0.786. The van der Waals surface area contributed by atoms with Crippen LogP contribution in [0.4, 0.5) is 5.69 Å². The lowest BCUT2D eigenvalue weighted by Crippen LogP contribution is -2.17. The molecule has 2 aromatic rings. The fourth-order valence-corrected chi connectivity index (χ4v) is 2.70. The van der Waals surface area contributed by atoms with E-state index >= 15 is 0 Å². The van der Waals surface area contributed by atoms with Gasteiger partial charge in [0.25, 0.3) is 0 Å². The first-order valence-electron chi connectivity index (χ1n) is 6.01. The molecule has 100 valence electrons. The molecular weight excluding hydrogens is 368 g/mol. The first-order valence-corrected chi connectivity index (χ1v) is 7.60. The van der Waals surface area contributed by atoms with Gasteiger partial charge in [-0.3, -0.25) is 4.90 Å². The van der Waals surface area contributed by atoms with Crippen LogP contribution in [0.5, 0.6) is 0 Å². The van der Waals surface area contributed by atoms with Gasteiger partial charge in [0.15, 0.2) is 0 Å². The van der Waals surface area contributed by atoms with Gasteiger partial charge < -0.3 is 5.73 Å². The van der Waals surface area contributed by atoms with Crippen LogP contribution in [0.15, 0.2) is 51.4 Å². The molecule has 2 nitrogen and oxygen atoms in total. The fourth-order valence-electron chi connectivity index (χ4n) is 2.01. The first-order chi connectivity index (χ1) is 9.04. The number of rotatable bonds is 4. The van der Waals surface area contributed by atoms with Crippen molar-refractivity contribution < 1.29 is 0 Å². The Hall–Kier alpha value is -0.840. The van der Waals surface area contributed by atoms with E-state index in [1.165, 1.54) is 11.1 Å². The minimum Gasteiger partial charge on any atom is -0.398 e. The van der Waals surface area contributed by atoms with Crippen LogP contribution in [-0.4, -0.2) is 11.9 Å². The first kappa shape index (κ1) is 14.6. The summed E-state index contributed by atoms with van der Waals surface area (Å²) < 4.78 is 2.07. The Bertz CT molecular complexity index is 570. The van der Waals surface area contributed by atoms with Gasteiger partial charge in [0.2, 0.25) is 0 Å². The second kappa shape index (κ2) is 6.55. The minimum absolute atomic E-state index is 0.786. The van der Waals surface area contributed by atoms with Crippen LogP contribution in [0, 0.1) is 0 Å². The molecule has 2 rings (SSSR count). The molecule has 0 heterocycles. The molecule has 4 heteroatoms. The number of nitrogens with two attached hydrogens (primary N) is 1. The zero-order valence-corrected chi connectivity index (χ0v) is 13.9. The summed E-state index contributed by atoms with van der Waals surface area (Å²) in [6.07, 6.45) is 0. The molecule has 0 saturated carbocycles. The van der Waals surface area contributed by atoms with Crippen molar-refractivity contribution in [1.29, 1.82) is 0 Å². The molecule has 2 aromatic carbocycles. The molecule has 0 fully saturated rings. The van der Waals surface area contributed by atoms with E-state index in [-0.39, 0.29) is 0 Å². The lowest BCUT2D eigenvalue weighted by atomic mass is 10.1. The Morgan fingerprint density at radius 1 is 1.00 bits per heavy atom. The number of halogens is 2. The third-order valence-electron chi connectivity index (χ3n) is 2.85. The molecular formula is C15H16Br2N2. The summed E-state index contributed by atoms with van der Waals surface area (Å²) in [4.78, 5) is 2.27. The molecule has 0 aromatic heterocycles. The molecule has 19 heavy (non-hydrogen) atoms. The third kappa shape index (κ3) is 4.34. The molecule has 0 amide bonds. The smallest absolute Gasteiger partial charge is 0.0461 e. The maximum Gasteiger partial charge on any atom is 0.0461 e. The topological polar surface area (TPSA) is 29.3 Å². The third-order valence-corrected chi connectivity index (χ3v) is 4.07. The van der Waals surface area contributed by atoms with Crippen LogP contribution in [0.3, 0.4) is 0 Å². The summed E-state index contributed by atoms with van der Waals surface area (Å²) in [6, 6.07) is 14.5. The van der Waals surface area contributed by atoms with Gasteiger partial charge in [0, 0.05) is 27.7 Å². The zero-order chi connectivity index (χ0) is 13.8. The Morgan fingerprint density at radius 2 is 1.68 bits per heavy atom. The van der Waals surface area contributed by atoms with E-state index in [0.29, 0.717) is 0 Å². The van der Waals surface area contributed by atoms with Crippen molar-refractivity contribution in [2.24, 2.45) is 0 Å². The Balaban J connectivity index is 2.01. The summed E-state index contributed by atoms with van der Waals surface area (Å²) in [5.41, 5.74) is 9.20. The molecule has 0 spiro atoms. The fraction of sp³-hybridized carbons (Fsp3) is 0.200. The molecule has 0 aliphatic rings. The molecule has 0 aliphatic carbocycles. The molecule has 0 unspecified atom stereocenters. The molecule has 0 bridgehead atoms. The summed E-state index contributed by atoms with van der Waals surface area (Å²) in [6.45, 7) is 1.79. The molecule has 0 aliphatic heterocycles. The van der Waals surface area contributed by atoms with Crippen molar-refractivity contribution in [2.45, 2.75) is 13.1 Å². The Kier molecular flexibility index (Phi) is 5.02. The van der Waals surface area contributed by atoms with Gasteiger partial charge in [0.1, 0.15) is 0 Å². The summed E-state index contributed by atoms with van der Waals surface area (Å²) >= 11 is 6.91. The van der Waals surface area contributed by atoms with Gasteiger partial charge in [-0.05, 0) is 58.4 Å². The van der Waals surface area contributed by atoms with E-state index in [1.54, 1.807) is 0 Å². The van der Waals surface area contributed by atoms with Crippen molar-refractivity contribution in [3.8, 4) is 0 Å². The van der Waals surface area contributed by atoms with E-state index in [4.69, 9.17) is 5.73 Å². The summed E-state index contributed by atoms with van der Waals surface area (Å²) in [5.74, 6) is 0. The second-order valence-corrected chi connectivity index (χ2v) is 6.43. The van der Waals surface area contributed by atoms with Crippen LogP contribution >= 0.6 is 31.9 Å². The molecule has 0 saturated heterocycles. The number of hydrogen-bond acceptors (Lipinski definition) is 2. The van der Waals surface area contributed by atoms with E-state index in [2.05, 4.69) is 68.1 Å². The highest BCUT2D eigenvalue weighted by Gasteiger charge is 2.04. The molecule has 2 N–H and O–H groups in total. The van der Waals surface area contributed by atoms with Gasteiger partial charge >= 0.3 is 0 Å². The SMILES string of the molecule is CN(Cc1cccc(Br)c1)Cc1ccc(Br)c(N)c1. The number of nitrogen functional groups attached to an aromatic ring is 1. The Labute approximate surface area is 130 Å². The van der Waals surface area contributed by atoms with Crippen LogP contribution in [0.2, 0.25) is 0 Å². The van der Waals surface area contributed by atoms with Crippen molar-refractivity contribution in [3.05, 3.63) is 62.5 Å². The Morgan fingerprint density at radius 3 is 2.32 bits per heavy atom. The van der Waals surface area contributed by atoms with Gasteiger partial charge in [-0.25, -0.2) is 0 Å². The highest BCUT2D eigenvalue weighted by Crippen LogP contribution is 2.21. The van der Waals surface area contributed by atoms with E-state index in [0.717, 1.165) is 27.7 Å². The van der Waals surface area contributed by atoms with Crippen molar-refractivity contribution in [3.63, 3.8) is 0 Å². The van der Waals surface area contributed by atoms with Crippen LogP contribution in [0.25, 0.3) is 0 Å². The van der Waals surface area contributed by atoms with Gasteiger partial charge in [-0.15, -0.1) is 0 Å².